The van der Waals surface area contributed by atoms with Crippen LogP contribution < -0.4 is 15.5 Å². The molecule has 0 aliphatic heterocycles. The van der Waals surface area contributed by atoms with Crippen LogP contribution in [0.5, 0.6) is 0 Å². The van der Waals surface area contributed by atoms with Crippen LogP contribution in [0.4, 0.5) is 18.9 Å². The van der Waals surface area contributed by atoms with Gasteiger partial charge in [-0.25, -0.2) is 0 Å². The molecule has 0 saturated heterocycles. The summed E-state index contributed by atoms with van der Waals surface area (Å²) in [6, 6.07) is 10.1. The molecule has 0 radical (unpaired) electrons. The number of aliphatic imine (C=N–C) groups is 1. The number of alkyl halides is 3. The van der Waals surface area contributed by atoms with Crippen LogP contribution >= 0.6 is 24.0 Å². The maximum absolute atomic E-state index is 12.1. The van der Waals surface area contributed by atoms with E-state index in [0.29, 0.717) is 12.5 Å². The Morgan fingerprint density at radius 3 is 2.29 bits per heavy atom. The number of rotatable bonds is 8. The Bertz CT molecular complexity index is 466. The summed E-state index contributed by atoms with van der Waals surface area (Å²) < 4.78 is 36.2. The molecular formula is C16H26F3IN4. The van der Waals surface area contributed by atoms with Crippen LogP contribution in [0.25, 0.3) is 0 Å². The molecule has 0 saturated carbocycles. The number of nitrogens with zero attached hydrogens (tertiary/aromatic N) is 2. The molecule has 138 valence electrons. The first-order valence-electron chi connectivity index (χ1n) is 7.70. The number of para-hydroxylation sites is 1. The number of hydrogen-bond donors (Lipinski definition) is 2. The van der Waals surface area contributed by atoms with Crippen molar-refractivity contribution >= 4 is 35.6 Å². The molecular weight excluding hydrogens is 432 g/mol. The van der Waals surface area contributed by atoms with Crippen molar-refractivity contribution in [3.05, 3.63) is 30.3 Å². The summed E-state index contributed by atoms with van der Waals surface area (Å²) in [6.45, 7) is 1.43. The Balaban J connectivity index is 0.00000529. The van der Waals surface area contributed by atoms with E-state index in [0.717, 1.165) is 19.4 Å². The lowest BCUT2D eigenvalue weighted by Crippen LogP contribution is -2.39. The number of halogens is 4. The van der Waals surface area contributed by atoms with Gasteiger partial charge in [-0.1, -0.05) is 18.2 Å². The zero-order chi connectivity index (χ0) is 17.1. The highest BCUT2D eigenvalue weighted by Crippen LogP contribution is 2.18. The normalized spacial score (nSPS) is 11.6. The lowest BCUT2D eigenvalue weighted by molar-refractivity contribution is -0.132. The van der Waals surface area contributed by atoms with Crippen molar-refractivity contribution in [2.45, 2.75) is 25.4 Å². The Hall–Kier alpha value is -1.19. The average Bonchev–Trinajstić information content (AvgIpc) is 2.52. The molecule has 4 nitrogen and oxygen atoms in total. The molecule has 2 N–H and O–H groups in total. The molecule has 8 heteroatoms. The Morgan fingerprint density at radius 1 is 1.08 bits per heavy atom. The van der Waals surface area contributed by atoms with Crippen LogP contribution in [-0.4, -0.2) is 45.9 Å². The second-order valence-electron chi connectivity index (χ2n) is 5.26. The first kappa shape index (κ1) is 22.8. The maximum Gasteiger partial charge on any atom is 0.390 e. The van der Waals surface area contributed by atoms with Crippen molar-refractivity contribution in [1.82, 2.24) is 10.6 Å². The van der Waals surface area contributed by atoms with Gasteiger partial charge in [0, 0.05) is 39.4 Å². The van der Waals surface area contributed by atoms with E-state index >= 15 is 0 Å². The number of benzene rings is 1. The molecule has 0 atom stereocenters. The Kier molecular flexibility index (Phi) is 11.6. The van der Waals surface area contributed by atoms with Crippen molar-refractivity contribution in [3.8, 4) is 0 Å². The van der Waals surface area contributed by atoms with Gasteiger partial charge in [-0.15, -0.1) is 24.0 Å². The second-order valence-corrected chi connectivity index (χ2v) is 5.26. The summed E-state index contributed by atoms with van der Waals surface area (Å²) in [7, 11) is 3.59. The van der Waals surface area contributed by atoms with Gasteiger partial charge in [-0.05, 0) is 25.0 Å². The van der Waals surface area contributed by atoms with E-state index in [1.54, 1.807) is 7.05 Å². The summed E-state index contributed by atoms with van der Waals surface area (Å²) in [5.41, 5.74) is 1.17. The molecule has 0 aromatic heterocycles. The van der Waals surface area contributed by atoms with Crippen LogP contribution in [0.3, 0.4) is 0 Å². The molecule has 0 amide bonds. The highest BCUT2D eigenvalue weighted by molar-refractivity contribution is 14.0. The molecule has 24 heavy (non-hydrogen) atoms. The third kappa shape index (κ3) is 10.6. The molecule has 0 aliphatic rings. The van der Waals surface area contributed by atoms with Gasteiger partial charge in [0.25, 0.3) is 0 Å². The van der Waals surface area contributed by atoms with Crippen LogP contribution in [0.1, 0.15) is 19.3 Å². The largest absolute Gasteiger partial charge is 0.390 e. The van der Waals surface area contributed by atoms with Crippen molar-refractivity contribution in [3.63, 3.8) is 0 Å². The summed E-state index contributed by atoms with van der Waals surface area (Å²) in [4.78, 5) is 6.08. The van der Waals surface area contributed by atoms with E-state index in [1.165, 1.54) is 5.69 Å². The SMILES string of the molecule is CN=C(NCCCCN(C)c1ccccc1)NCCC(F)(F)F.I. The summed E-state index contributed by atoms with van der Waals surface area (Å²) in [6.07, 6.45) is -3.11. The third-order valence-corrected chi connectivity index (χ3v) is 3.33. The minimum Gasteiger partial charge on any atom is -0.375 e. The van der Waals surface area contributed by atoms with Gasteiger partial charge in [0.15, 0.2) is 5.96 Å². The van der Waals surface area contributed by atoms with E-state index in [-0.39, 0.29) is 30.5 Å². The topological polar surface area (TPSA) is 39.7 Å². The second kappa shape index (κ2) is 12.2. The number of guanidine groups is 1. The molecule has 0 fully saturated rings. The van der Waals surface area contributed by atoms with Crippen molar-refractivity contribution in [2.75, 3.05) is 38.6 Å². The molecule has 0 heterocycles. The fourth-order valence-electron chi connectivity index (χ4n) is 2.04. The minimum atomic E-state index is -4.14. The highest BCUT2D eigenvalue weighted by atomic mass is 127. The lowest BCUT2D eigenvalue weighted by Gasteiger charge is -2.19. The first-order valence-corrected chi connectivity index (χ1v) is 7.70. The standard InChI is InChI=1S/C16H25F3N4.HI/c1-20-15(22-12-10-16(17,18)19)21-11-6-7-13-23(2)14-8-4-3-5-9-14;/h3-5,8-9H,6-7,10-13H2,1-2H3,(H2,20,21,22);1H. The summed E-state index contributed by atoms with van der Waals surface area (Å²) in [5, 5.41) is 5.68. The molecule has 0 bridgehead atoms. The van der Waals surface area contributed by atoms with E-state index in [9.17, 15) is 13.2 Å². The molecule has 0 spiro atoms. The number of unbranched alkanes of at least 4 members (excludes halogenated alkanes) is 1. The third-order valence-electron chi connectivity index (χ3n) is 3.33. The smallest absolute Gasteiger partial charge is 0.375 e. The Morgan fingerprint density at radius 2 is 1.71 bits per heavy atom. The van der Waals surface area contributed by atoms with Gasteiger partial charge >= 0.3 is 6.18 Å². The van der Waals surface area contributed by atoms with Crippen LogP contribution in [0.15, 0.2) is 35.3 Å². The van der Waals surface area contributed by atoms with Crippen molar-refractivity contribution in [2.24, 2.45) is 4.99 Å². The van der Waals surface area contributed by atoms with E-state index in [1.807, 2.05) is 25.2 Å². The van der Waals surface area contributed by atoms with Crippen molar-refractivity contribution in [1.29, 1.82) is 0 Å². The fourth-order valence-corrected chi connectivity index (χ4v) is 2.04. The number of anilines is 1. The van der Waals surface area contributed by atoms with Gasteiger partial charge in [0.2, 0.25) is 0 Å². The van der Waals surface area contributed by atoms with Gasteiger partial charge in [0.05, 0.1) is 6.42 Å². The Labute approximate surface area is 158 Å². The summed E-state index contributed by atoms with van der Waals surface area (Å²) in [5.74, 6) is 0.408. The molecule has 1 aromatic carbocycles. The minimum absolute atomic E-state index is 0. The average molecular weight is 458 g/mol. The van der Waals surface area contributed by atoms with Gasteiger partial charge in [-0.3, -0.25) is 4.99 Å². The van der Waals surface area contributed by atoms with E-state index in [4.69, 9.17) is 0 Å². The van der Waals surface area contributed by atoms with Gasteiger partial charge < -0.3 is 15.5 Å². The van der Waals surface area contributed by atoms with Crippen molar-refractivity contribution < 1.29 is 13.2 Å². The quantitative estimate of drug-likeness (QED) is 0.271. The monoisotopic (exact) mass is 458 g/mol. The number of nitrogens with one attached hydrogen (secondary N) is 2. The van der Waals surface area contributed by atoms with Gasteiger partial charge in [-0.2, -0.15) is 13.2 Å². The first-order chi connectivity index (χ1) is 10.9. The molecule has 0 unspecified atom stereocenters. The molecule has 1 aromatic rings. The van der Waals surface area contributed by atoms with Crippen LogP contribution in [0.2, 0.25) is 0 Å². The lowest BCUT2D eigenvalue weighted by atomic mass is 10.2. The fraction of sp³-hybridized carbons (Fsp3) is 0.562. The zero-order valence-corrected chi connectivity index (χ0v) is 16.4. The predicted octanol–water partition coefficient (Wildman–Crippen LogP) is 3.64. The zero-order valence-electron chi connectivity index (χ0n) is 14.1. The number of hydrogen-bond acceptors (Lipinski definition) is 2. The van der Waals surface area contributed by atoms with Gasteiger partial charge in [0.1, 0.15) is 0 Å². The molecule has 1 rings (SSSR count). The maximum atomic E-state index is 12.1. The predicted molar refractivity (Wildman–Crippen MR) is 104 cm³/mol. The van der Waals surface area contributed by atoms with E-state index in [2.05, 4.69) is 32.7 Å². The molecule has 0 aliphatic carbocycles. The highest BCUT2D eigenvalue weighted by Gasteiger charge is 2.26. The summed E-state index contributed by atoms with van der Waals surface area (Å²) >= 11 is 0. The van der Waals surface area contributed by atoms with Crippen LogP contribution in [0, 0.1) is 0 Å². The van der Waals surface area contributed by atoms with E-state index < -0.39 is 12.6 Å². The van der Waals surface area contributed by atoms with Crippen LogP contribution in [-0.2, 0) is 0 Å².